The molecule has 84 valence electrons. The van der Waals surface area contributed by atoms with Crippen LogP contribution in [-0.2, 0) is 12.8 Å². The molecule has 0 aliphatic carbocycles. The van der Waals surface area contributed by atoms with E-state index in [2.05, 4.69) is 25.8 Å². The fourth-order valence-electron chi connectivity index (χ4n) is 1.34. The predicted molar refractivity (Wildman–Crippen MR) is 56.0 cm³/mol. The monoisotopic (exact) mass is 211 g/mol. The van der Waals surface area contributed by atoms with Gasteiger partial charge in [0.15, 0.2) is 5.89 Å². The molecule has 1 N–H and O–H groups in total. The third-order valence-corrected chi connectivity index (χ3v) is 1.95. The van der Waals surface area contributed by atoms with Gasteiger partial charge in [-0.3, -0.25) is 0 Å². The molecule has 0 aliphatic heterocycles. The van der Waals surface area contributed by atoms with Gasteiger partial charge in [-0.2, -0.15) is 0 Å². The number of aryl methyl sites for hydroxylation is 1. The molecular formula is C11H17NO3. The zero-order valence-electron chi connectivity index (χ0n) is 9.63. The normalized spacial score (nSPS) is 11.7. The van der Waals surface area contributed by atoms with Crippen LogP contribution < -0.4 is 0 Å². The van der Waals surface area contributed by atoms with Crippen LogP contribution in [0.4, 0.5) is 0 Å². The number of nitrogens with zero attached hydrogens (tertiary/aromatic N) is 1. The summed E-state index contributed by atoms with van der Waals surface area (Å²) < 4.78 is 5.23. The number of hydrogen-bond acceptors (Lipinski definition) is 3. The highest BCUT2D eigenvalue weighted by atomic mass is 16.4. The van der Waals surface area contributed by atoms with Gasteiger partial charge in [0.05, 0.1) is 5.69 Å². The Kier molecular flexibility index (Phi) is 3.17. The molecule has 0 aliphatic rings. The Bertz CT molecular complexity index is 360. The molecule has 1 aromatic heterocycles. The molecule has 0 fully saturated rings. The molecular weight excluding hydrogens is 194 g/mol. The van der Waals surface area contributed by atoms with Gasteiger partial charge in [-0.1, -0.05) is 27.7 Å². The number of oxazole rings is 1. The van der Waals surface area contributed by atoms with E-state index in [-0.39, 0.29) is 11.2 Å². The second-order valence-corrected chi connectivity index (χ2v) is 4.78. The van der Waals surface area contributed by atoms with Crippen molar-refractivity contribution >= 4 is 5.97 Å². The van der Waals surface area contributed by atoms with E-state index in [1.54, 1.807) is 0 Å². The van der Waals surface area contributed by atoms with Crippen molar-refractivity contribution < 1.29 is 14.3 Å². The zero-order valence-corrected chi connectivity index (χ0v) is 9.63. The first-order valence-electron chi connectivity index (χ1n) is 5.05. The van der Waals surface area contributed by atoms with Gasteiger partial charge in [-0.05, 0) is 11.8 Å². The second-order valence-electron chi connectivity index (χ2n) is 4.78. The molecule has 0 saturated carbocycles. The number of carboxylic acid groups (broad SMARTS) is 1. The topological polar surface area (TPSA) is 63.3 Å². The molecule has 15 heavy (non-hydrogen) atoms. The van der Waals surface area contributed by atoms with Crippen molar-refractivity contribution in [3.8, 4) is 0 Å². The average molecular weight is 211 g/mol. The highest BCUT2D eigenvalue weighted by molar-refractivity contribution is 5.85. The van der Waals surface area contributed by atoms with Gasteiger partial charge < -0.3 is 9.52 Å². The molecule has 0 atom stereocenters. The van der Waals surface area contributed by atoms with Gasteiger partial charge in [0.2, 0.25) is 5.76 Å². The van der Waals surface area contributed by atoms with E-state index in [1.807, 2.05) is 6.92 Å². The van der Waals surface area contributed by atoms with Gasteiger partial charge in [0, 0.05) is 6.42 Å². The Labute approximate surface area is 89.3 Å². The molecule has 0 bridgehead atoms. The van der Waals surface area contributed by atoms with Crippen LogP contribution in [0.1, 0.15) is 49.8 Å². The first-order chi connectivity index (χ1) is 6.83. The molecule has 0 radical (unpaired) electrons. The number of hydrogen-bond donors (Lipinski definition) is 1. The molecule has 1 rings (SSSR count). The number of carboxylic acids is 1. The van der Waals surface area contributed by atoms with E-state index < -0.39 is 5.97 Å². The maximum Gasteiger partial charge on any atom is 0.373 e. The Morgan fingerprint density at radius 3 is 2.40 bits per heavy atom. The van der Waals surface area contributed by atoms with Gasteiger partial charge >= 0.3 is 5.97 Å². The molecule has 4 heteroatoms. The number of aromatic carboxylic acids is 1. The number of rotatable bonds is 3. The van der Waals surface area contributed by atoms with Crippen molar-refractivity contribution in [2.45, 2.75) is 40.5 Å². The SMILES string of the molecule is CCc1nc(CC(C)(C)C)oc1C(=O)O. The van der Waals surface area contributed by atoms with Crippen molar-refractivity contribution in [2.75, 3.05) is 0 Å². The summed E-state index contributed by atoms with van der Waals surface area (Å²) in [5, 5.41) is 8.87. The van der Waals surface area contributed by atoms with Crippen LogP contribution in [0.25, 0.3) is 0 Å². The van der Waals surface area contributed by atoms with Crippen LogP contribution in [0, 0.1) is 5.41 Å². The minimum absolute atomic E-state index is 0.0169. The summed E-state index contributed by atoms with van der Waals surface area (Å²) in [4.78, 5) is 15.0. The maximum absolute atomic E-state index is 10.8. The minimum atomic E-state index is -1.04. The first kappa shape index (κ1) is 11.8. The van der Waals surface area contributed by atoms with Crippen LogP contribution in [0.5, 0.6) is 0 Å². The Morgan fingerprint density at radius 1 is 1.47 bits per heavy atom. The van der Waals surface area contributed by atoms with E-state index in [4.69, 9.17) is 9.52 Å². The van der Waals surface area contributed by atoms with Crippen LogP contribution in [0.3, 0.4) is 0 Å². The standard InChI is InChI=1S/C11H17NO3/c1-5-7-9(10(13)14)15-8(12-7)6-11(2,3)4/h5-6H2,1-4H3,(H,13,14). The Hall–Kier alpha value is -1.32. The fourth-order valence-corrected chi connectivity index (χ4v) is 1.34. The first-order valence-corrected chi connectivity index (χ1v) is 5.05. The lowest BCUT2D eigenvalue weighted by Gasteiger charge is -2.14. The van der Waals surface area contributed by atoms with Crippen molar-refractivity contribution in [3.63, 3.8) is 0 Å². The smallest absolute Gasteiger partial charge is 0.373 e. The Balaban J connectivity index is 2.98. The minimum Gasteiger partial charge on any atom is -0.475 e. The van der Waals surface area contributed by atoms with Crippen LogP contribution in [-0.4, -0.2) is 16.1 Å². The van der Waals surface area contributed by atoms with E-state index in [0.717, 1.165) is 0 Å². The third kappa shape index (κ3) is 3.08. The van der Waals surface area contributed by atoms with Crippen LogP contribution in [0.15, 0.2) is 4.42 Å². The molecule has 0 amide bonds. The van der Waals surface area contributed by atoms with Gasteiger partial charge in [0.1, 0.15) is 0 Å². The molecule has 0 saturated heterocycles. The maximum atomic E-state index is 10.8. The lowest BCUT2D eigenvalue weighted by molar-refractivity contribution is 0.0657. The van der Waals surface area contributed by atoms with E-state index in [1.165, 1.54) is 0 Å². The van der Waals surface area contributed by atoms with Crippen LogP contribution in [0.2, 0.25) is 0 Å². The van der Waals surface area contributed by atoms with Crippen LogP contribution >= 0.6 is 0 Å². The molecule has 0 aromatic carbocycles. The van der Waals surface area contributed by atoms with Gasteiger partial charge in [-0.15, -0.1) is 0 Å². The van der Waals surface area contributed by atoms with Gasteiger partial charge in [0.25, 0.3) is 0 Å². The molecule has 0 spiro atoms. The average Bonchev–Trinajstić information content (AvgIpc) is 2.44. The third-order valence-electron chi connectivity index (χ3n) is 1.95. The lowest BCUT2D eigenvalue weighted by Crippen LogP contribution is -2.09. The van der Waals surface area contributed by atoms with E-state index in [0.29, 0.717) is 24.4 Å². The summed E-state index contributed by atoms with van der Waals surface area (Å²) in [5.41, 5.74) is 0.577. The summed E-state index contributed by atoms with van der Waals surface area (Å²) in [5.74, 6) is -0.548. The van der Waals surface area contributed by atoms with Crippen molar-refractivity contribution in [1.82, 2.24) is 4.98 Å². The number of carbonyl (C=O) groups is 1. The quantitative estimate of drug-likeness (QED) is 0.834. The molecule has 1 aromatic rings. The predicted octanol–water partition coefficient (Wildman–Crippen LogP) is 2.52. The summed E-state index contributed by atoms with van der Waals surface area (Å²) in [6, 6.07) is 0. The lowest BCUT2D eigenvalue weighted by atomic mass is 9.92. The summed E-state index contributed by atoms with van der Waals surface area (Å²) >= 11 is 0. The summed E-state index contributed by atoms with van der Waals surface area (Å²) in [7, 11) is 0. The Morgan fingerprint density at radius 2 is 2.07 bits per heavy atom. The highest BCUT2D eigenvalue weighted by Gasteiger charge is 2.21. The van der Waals surface area contributed by atoms with E-state index >= 15 is 0 Å². The fraction of sp³-hybridized carbons (Fsp3) is 0.636. The van der Waals surface area contributed by atoms with Gasteiger partial charge in [-0.25, -0.2) is 9.78 Å². The van der Waals surface area contributed by atoms with E-state index in [9.17, 15) is 4.79 Å². The van der Waals surface area contributed by atoms with Crippen molar-refractivity contribution in [1.29, 1.82) is 0 Å². The van der Waals surface area contributed by atoms with Crippen molar-refractivity contribution in [2.24, 2.45) is 5.41 Å². The number of aromatic nitrogens is 1. The highest BCUT2D eigenvalue weighted by Crippen LogP contribution is 2.22. The largest absolute Gasteiger partial charge is 0.475 e. The molecule has 4 nitrogen and oxygen atoms in total. The zero-order chi connectivity index (χ0) is 11.6. The summed E-state index contributed by atoms with van der Waals surface area (Å²) in [6.07, 6.45) is 1.22. The molecule has 1 heterocycles. The summed E-state index contributed by atoms with van der Waals surface area (Å²) in [6.45, 7) is 8.04. The molecule has 0 unspecified atom stereocenters. The second kappa shape index (κ2) is 4.04. The van der Waals surface area contributed by atoms with Crippen molar-refractivity contribution in [3.05, 3.63) is 17.3 Å².